The molecule has 0 atom stereocenters. The molecule has 0 radical (unpaired) electrons. The second kappa shape index (κ2) is 1.85. The Hall–Kier alpha value is -0.820. The summed E-state index contributed by atoms with van der Waals surface area (Å²) in [5, 5.41) is 3.22. The minimum Gasteiger partial charge on any atom is -0.226 e. The summed E-state index contributed by atoms with van der Waals surface area (Å²) in [6.07, 6.45) is 0. The maximum atomic E-state index is 3.14. The maximum Gasteiger partial charge on any atom is -0.0762 e. The van der Waals surface area contributed by atoms with Crippen molar-refractivity contribution in [3.8, 4) is 0 Å². The minimum atomic E-state index is 1.22. The number of thiophene rings is 1. The van der Waals surface area contributed by atoms with Gasteiger partial charge in [-0.2, -0.15) is 17.5 Å². The predicted molar refractivity (Wildman–Crippen MR) is 40.7 cm³/mol. The first kappa shape index (κ1) is 5.00. The van der Waals surface area contributed by atoms with Gasteiger partial charge >= 0.3 is 0 Å². The first-order valence-corrected chi connectivity index (χ1v) is 3.69. The van der Waals surface area contributed by atoms with Gasteiger partial charge in [0.05, 0.1) is 0 Å². The molecule has 0 bridgehead atoms. The molecule has 0 N–H and O–H groups in total. The third kappa shape index (κ3) is 0.736. The van der Waals surface area contributed by atoms with Gasteiger partial charge in [0, 0.05) is 0 Å². The van der Waals surface area contributed by atoms with Crippen LogP contribution in [0.1, 0.15) is 0 Å². The van der Waals surface area contributed by atoms with Crippen LogP contribution in [0.3, 0.4) is 0 Å². The fourth-order valence-electron chi connectivity index (χ4n) is 0.845. The molecule has 0 aliphatic heterocycles. The van der Waals surface area contributed by atoms with Gasteiger partial charge in [0.1, 0.15) is 0 Å². The van der Waals surface area contributed by atoms with Crippen molar-refractivity contribution in [1.82, 2.24) is 0 Å². The van der Waals surface area contributed by atoms with Crippen LogP contribution in [-0.4, -0.2) is 0 Å². The average Bonchev–Trinajstić information content (AvgIpc) is 2.33. The fourth-order valence-corrected chi connectivity index (χ4v) is 1.57. The van der Waals surface area contributed by atoms with Gasteiger partial charge in [0.25, 0.3) is 0 Å². The predicted octanol–water partition coefficient (Wildman–Crippen LogP) is 2.70. The molecule has 1 heteroatoms. The number of hydrogen-bond donors (Lipinski definition) is 0. The molecule has 9 heavy (non-hydrogen) atoms. The molecule has 0 nitrogen and oxygen atoms in total. The summed E-state index contributed by atoms with van der Waals surface area (Å²) in [7, 11) is 0. The molecule has 0 unspecified atom stereocenters. The van der Waals surface area contributed by atoms with Gasteiger partial charge in [0.15, 0.2) is 0 Å². The number of rotatable bonds is 0. The SMILES string of the molecule is [c-]1csc2ccccc12. The van der Waals surface area contributed by atoms with Crippen molar-refractivity contribution in [3.63, 3.8) is 0 Å². The monoisotopic (exact) mass is 133 g/mol. The van der Waals surface area contributed by atoms with E-state index in [4.69, 9.17) is 0 Å². The zero-order valence-electron chi connectivity index (χ0n) is 4.79. The number of fused-ring (bicyclic) bond motifs is 1. The highest BCUT2D eigenvalue weighted by Gasteiger charge is 1.77. The Morgan fingerprint density at radius 2 is 2.11 bits per heavy atom. The van der Waals surface area contributed by atoms with E-state index in [0.717, 1.165) is 0 Å². The van der Waals surface area contributed by atoms with Crippen LogP contribution < -0.4 is 0 Å². The van der Waals surface area contributed by atoms with E-state index in [-0.39, 0.29) is 0 Å². The second-order valence-corrected chi connectivity index (χ2v) is 2.79. The third-order valence-corrected chi connectivity index (χ3v) is 2.13. The van der Waals surface area contributed by atoms with Crippen LogP contribution >= 0.6 is 11.3 Å². The van der Waals surface area contributed by atoms with E-state index in [0.29, 0.717) is 0 Å². The summed E-state index contributed by atoms with van der Waals surface area (Å²) in [5.41, 5.74) is 0. The van der Waals surface area contributed by atoms with Gasteiger partial charge in [-0.3, -0.25) is 0 Å². The lowest BCUT2D eigenvalue weighted by atomic mass is 10.3. The Morgan fingerprint density at radius 1 is 1.22 bits per heavy atom. The topological polar surface area (TPSA) is 0 Å². The highest BCUT2D eigenvalue weighted by molar-refractivity contribution is 7.17. The summed E-state index contributed by atoms with van der Waals surface area (Å²) < 4.78 is 1.32. The molecule has 1 aromatic heterocycles. The van der Waals surface area contributed by atoms with Crippen molar-refractivity contribution in [2.75, 3.05) is 0 Å². The zero-order chi connectivity index (χ0) is 6.10. The van der Waals surface area contributed by atoms with Gasteiger partial charge in [-0.25, -0.2) is 11.3 Å². The highest BCUT2D eigenvalue weighted by atomic mass is 32.1. The van der Waals surface area contributed by atoms with E-state index < -0.39 is 0 Å². The van der Waals surface area contributed by atoms with Crippen molar-refractivity contribution in [3.05, 3.63) is 35.7 Å². The lowest BCUT2D eigenvalue weighted by molar-refractivity contribution is 1.85. The molecule has 0 spiro atoms. The summed E-state index contributed by atoms with van der Waals surface area (Å²) >= 11 is 1.73. The van der Waals surface area contributed by atoms with E-state index in [2.05, 4.69) is 18.2 Å². The van der Waals surface area contributed by atoms with Crippen molar-refractivity contribution < 1.29 is 0 Å². The Morgan fingerprint density at radius 3 is 3.00 bits per heavy atom. The van der Waals surface area contributed by atoms with Crippen molar-refractivity contribution in [1.29, 1.82) is 0 Å². The first-order chi connectivity index (χ1) is 4.47. The number of hydrogen-bond acceptors (Lipinski definition) is 1. The summed E-state index contributed by atoms with van der Waals surface area (Å²) in [4.78, 5) is 0. The smallest absolute Gasteiger partial charge is 0.0762 e. The van der Waals surface area contributed by atoms with Crippen molar-refractivity contribution >= 4 is 21.4 Å². The second-order valence-electron chi connectivity index (χ2n) is 1.88. The molecular formula is C8H5S-. The fraction of sp³-hybridized carbons (Fsp3) is 0. The lowest BCUT2D eigenvalue weighted by Crippen LogP contribution is -1.56. The largest absolute Gasteiger partial charge is 0.226 e. The van der Waals surface area contributed by atoms with Crippen LogP contribution in [0.2, 0.25) is 0 Å². The van der Waals surface area contributed by atoms with Crippen LogP contribution in [0, 0.1) is 6.07 Å². The van der Waals surface area contributed by atoms with Crippen LogP contribution in [-0.2, 0) is 0 Å². The quantitative estimate of drug-likeness (QED) is 0.485. The molecule has 44 valence electrons. The molecule has 0 amide bonds. The Kier molecular flexibility index (Phi) is 1.03. The van der Waals surface area contributed by atoms with Crippen LogP contribution in [0.15, 0.2) is 29.6 Å². The van der Waals surface area contributed by atoms with Gasteiger partial charge in [-0.1, -0.05) is 16.1 Å². The third-order valence-electron chi connectivity index (χ3n) is 1.29. The first-order valence-electron chi connectivity index (χ1n) is 2.81. The van der Waals surface area contributed by atoms with Gasteiger partial charge in [-0.15, -0.1) is 12.1 Å². The van der Waals surface area contributed by atoms with Gasteiger partial charge < -0.3 is 0 Å². The zero-order valence-corrected chi connectivity index (χ0v) is 5.61. The highest BCUT2D eigenvalue weighted by Crippen LogP contribution is 2.18. The average molecular weight is 133 g/mol. The van der Waals surface area contributed by atoms with Crippen LogP contribution in [0.25, 0.3) is 10.1 Å². The molecule has 2 aromatic rings. The van der Waals surface area contributed by atoms with E-state index >= 15 is 0 Å². The lowest BCUT2D eigenvalue weighted by Gasteiger charge is -1.92. The number of benzene rings is 1. The van der Waals surface area contributed by atoms with Gasteiger partial charge in [-0.05, 0) is 0 Å². The molecule has 0 saturated carbocycles. The van der Waals surface area contributed by atoms with Crippen molar-refractivity contribution in [2.45, 2.75) is 0 Å². The Bertz CT molecular complexity index is 279. The molecule has 0 fully saturated rings. The Labute approximate surface area is 57.8 Å². The molecule has 1 heterocycles. The van der Waals surface area contributed by atoms with Gasteiger partial charge in [0.2, 0.25) is 0 Å². The summed E-state index contributed by atoms with van der Waals surface area (Å²) in [5.74, 6) is 0. The normalized spacial score (nSPS) is 10.2. The summed E-state index contributed by atoms with van der Waals surface area (Å²) in [6.45, 7) is 0. The van der Waals surface area contributed by atoms with E-state index in [1.807, 2.05) is 17.5 Å². The Balaban J connectivity index is 2.95. The standard InChI is InChI=1S/C8H5S/c1-2-4-8-7(3-1)5-6-9-8/h1-4,6H/q-1. The summed E-state index contributed by atoms with van der Waals surface area (Å²) in [6, 6.07) is 11.4. The molecule has 0 aliphatic carbocycles. The molecule has 1 aromatic carbocycles. The van der Waals surface area contributed by atoms with Crippen LogP contribution in [0.4, 0.5) is 0 Å². The molecule has 0 saturated heterocycles. The van der Waals surface area contributed by atoms with E-state index in [1.54, 1.807) is 11.3 Å². The van der Waals surface area contributed by atoms with E-state index in [9.17, 15) is 0 Å². The van der Waals surface area contributed by atoms with Crippen LogP contribution in [0.5, 0.6) is 0 Å². The van der Waals surface area contributed by atoms with Crippen molar-refractivity contribution in [2.24, 2.45) is 0 Å². The molecule has 0 aliphatic rings. The maximum absolute atomic E-state index is 3.14. The molecule has 2 rings (SSSR count). The van der Waals surface area contributed by atoms with E-state index in [1.165, 1.54) is 10.1 Å². The minimum absolute atomic E-state index is 1.22. The molecular weight excluding hydrogens is 128 g/mol.